The van der Waals surface area contributed by atoms with E-state index in [4.69, 9.17) is 29.0 Å². The molecule has 4 nitrogen and oxygen atoms in total. The van der Waals surface area contributed by atoms with E-state index in [2.05, 4.69) is 30.3 Å². The summed E-state index contributed by atoms with van der Waals surface area (Å²) in [6.07, 6.45) is 0. The zero-order valence-corrected chi connectivity index (χ0v) is 27.0. The molecule has 238 valence electrons. The lowest BCUT2D eigenvalue weighted by Crippen LogP contribution is -2.00. The van der Waals surface area contributed by atoms with Gasteiger partial charge in [-0.3, -0.25) is 0 Å². The Morgan fingerprint density at radius 1 is 0.392 bits per heavy atom. The highest BCUT2D eigenvalue weighted by Gasteiger charge is 2.16. The van der Waals surface area contributed by atoms with Crippen LogP contribution in [0.15, 0.2) is 180 Å². The van der Waals surface area contributed by atoms with Gasteiger partial charge in [-0.1, -0.05) is 158 Å². The summed E-state index contributed by atoms with van der Waals surface area (Å²) in [7, 11) is 0. The Balaban J connectivity index is 1.14. The first-order chi connectivity index (χ1) is 28.2. The molecule has 0 spiro atoms. The lowest BCUT2D eigenvalue weighted by Gasteiger charge is -2.11. The van der Waals surface area contributed by atoms with Crippen LogP contribution in [0.25, 0.3) is 99.9 Å². The zero-order valence-electron chi connectivity index (χ0n) is 34.0. The van der Waals surface area contributed by atoms with Crippen LogP contribution in [-0.4, -0.2) is 15.0 Å². The van der Waals surface area contributed by atoms with Crippen LogP contribution in [0.5, 0.6) is 0 Å². The number of furan rings is 1. The molecule has 0 aliphatic carbocycles. The van der Waals surface area contributed by atoms with Gasteiger partial charge >= 0.3 is 0 Å². The Bertz CT molecular complexity index is 3290. The topological polar surface area (TPSA) is 51.8 Å². The molecule has 0 bridgehead atoms. The van der Waals surface area contributed by atoms with Gasteiger partial charge in [-0.2, -0.15) is 0 Å². The molecule has 0 unspecified atom stereocenters. The average Bonchev–Trinajstić information content (AvgIpc) is 3.66. The van der Waals surface area contributed by atoms with Crippen molar-refractivity contribution in [1.29, 1.82) is 0 Å². The van der Waals surface area contributed by atoms with E-state index in [9.17, 15) is 0 Å². The van der Waals surface area contributed by atoms with Crippen LogP contribution in [0.1, 0.15) is 9.60 Å². The van der Waals surface area contributed by atoms with Crippen molar-refractivity contribution in [2.45, 2.75) is 0 Å². The molecule has 10 aromatic rings. The number of para-hydroxylation sites is 1. The lowest BCUT2D eigenvalue weighted by molar-refractivity contribution is 0.669. The molecule has 51 heavy (non-hydrogen) atoms. The van der Waals surface area contributed by atoms with E-state index < -0.39 is 30.2 Å². The van der Waals surface area contributed by atoms with Crippen LogP contribution in [0, 0.1) is 0 Å². The molecule has 0 aliphatic rings. The Morgan fingerprint density at radius 2 is 0.980 bits per heavy atom. The normalized spacial score (nSPS) is 13.5. The summed E-state index contributed by atoms with van der Waals surface area (Å²) in [5, 5.41) is 4.02. The predicted molar refractivity (Wildman–Crippen MR) is 209 cm³/mol. The van der Waals surface area contributed by atoms with Gasteiger partial charge in [-0.25, -0.2) is 15.0 Å². The largest absolute Gasteiger partial charge is 0.456 e. The summed E-state index contributed by atoms with van der Waals surface area (Å²) in [5.74, 6) is 1.32. The van der Waals surface area contributed by atoms with Crippen molar-refractivity contribution in [3.8, 4) is 56.4 Å². The van der Waals surface area contributed by atoms with Crippen LogP contribution in [0.4, 0.5) is 0 Å². The summed E-state index contributed by atoms with van der Waals surface area (Å²) in [6, 6.07) is 40.5. The van der Waals surface area contributed by atoms with Gasteiger partial charge in [-0.05, 0) is 62.0 Å². The molecule has 4 heteroatoms. The molecule has 0 aliphatic heterocycles. The van der Waals surface area contributed by atoms with Crippen molar-refractivity contribution in [3.05, 3.63) is 176 Å². The molecule has 0 fully saturated rings. The third-order valence-corrected chi connectivity index (χ3v) is 9.25. The highest BCUT2D eigenvalue weighted by molar-refractivity contribution is 6.19. The number of fused-ring (bicyclic) bond motifs is 6. The number of aromatic nitrogens is 3. The van der Waals surface area contributed by atoms with Crippen molar-refractivity contribution in [2.75, 3.05) is 0 Å². The highest BCUT2D eigenvalue weighted by atomic mass is 16.3. The Hall–Kier alpha value is -6.91. The number of hydrogen-bond acceptors (Lipinski definition) is 4. The van der Waals surface area contributed by atoms with Crippen LogP contribution < -0.4 is 0 Å². The molecule has 0 radical (unpaired) electrons. The molecule has 2 heterocycles. The average molecular weight is 659 g/mol. The van der Waals surface area contributed by atoms with Crippen molar-refractivity contribution >= 4 is 43.5 Å². The van der Waals surface area contributed by atoms with Crippen LogP contribution in [0.3, 0.4) is 0 Å². The molecule has 0 N–H and O–H groups in total. The molecule has 0 saturated carbocycles. The van der Waals surface area contributed by atoms with Gasteiger partial charge in [0.2, 0.25) is 0 Å². The third-order valence-electron chi connectivity index (χ3n) is 9.25. The van der Waals surface area contributed by atoms with Crippen molar-refractivity contribution in [3.63, 3.8) is 0 Å². The monoisotopic (exact) mass is 658 g/mol. The fourth-order valence-electron chi connectivity index (χ4n) is 6.70. The molecule has 0 saturated heterocycles. The van der Waals surface area contributed by atoms with Crippen LogP contribution >= 0.6 is 0 Å². The number of nitrogens with zero attached hydrogens (tertiary/aromatic N) is 3. The minimum Gasteiger partial charge on any atom is -0.456 e. The van der Waals surface area contributed by atoms with E-state index in [1.165, 1.54) is 0 Å². The number of benzene rings is 8. The fraction of sp³-hybridized carbons (Fsp3) is 0. The highest BCUT2D eigenvalue weighted by Crippen LogP contribution is 2.37. The summed E-state index contributed by atoms with van der Waals surface area (Å²) in [4.78, 5) is 15.0. The number of hydrogen-bond donors (Lipinski definition) is 0. The third kappa shape index (κ3) is 5.13. The lowest BCUT2D eigenvalue weighted by atomic mass is 9.97. The van der Waals surface area contributed by atoms with Crippen molar-refractivity contribution in [2.24, 2.45) is 0 Å². The maximum absolute atomic E-state index is 8.82. The number of rotatable bonds is 5. The predicted octanol–water partition coefficient (Wildman–Crippen LogP) is 12.4. The Morgan fingerprint density at radius 3 is 1.76 bits per heavy atom. The van der Waals surface area contributed by atoms with Gasteiger partial charge in [0.15, 0.2) is 17.5 Å². The van der Waals surface area contributed by atoms with Gasteiger partial charge in [0.25, 0.3) is 0 Å². The molecule has 10 rings (SSSR count). The van der Waals surface area contributed by atoms with Gasteiger partial charge in [0, 0.05) is 27.5 Å². The first-order valence-electron chi connectivity index (χ1n) is 20.0. The van der Waals surface area contributed by atoms with Crippen molar-refractivity contribution < 1.29 is 14.0 Å². The van der Waals surface area contributed by atoms with Gasteiger partial charge in [0.1, 0.15) is 11.2 Å². The zero-order chi connectivity index (χ0) is 39.8. The summed E-state index contributed by atoms with van der Waals surface area (Å²) < 4.78 is 65.8. The van der Waals surface area contributed by atoms with Crippen molar-refractivity contribution in [1.82, 2.24) is 15.0 Å². The van der Waals surface area contributed by atoms with E-state index >= 15 is 0 Å². The summed E-state index contributed by atoms with van der Waals surface area (Å²) in [5.41, 5.74) is 6.57. The molecule has 0 amide bonds. The maximum Gasteiger partial charge on any atom is 0.164 e. The SMILES string of the molecule is [2H]c1c([2H])c([2H])c2c(-c3ccc(-c4nc(-c5ccc(-c6ccccc6)cc5)nc(-c5ccc6ccc7oc8ccccc8c7c6c5)n4)cc3)c([2H])c([2H])c([2H])c2c1[2H]. The van der Waals surface area contributed by atoms with E-state index in [-0.39, 0.29) is 28.4 Å². The van der Waals surface area contributed by atoms with E-state index in [0.29, 0.717) is 28.6 Å². The quantitative estimate of drug-likeness (QED) is 0.185. The minimum atomic E-state index is -0.491. The second kappa shape index (κ2) is 11.9. The smallest absolute Gasteiger partial charge is 0.164 e. The van der Waals surface area contributed by atoms with Gasteiger partial charge in [-0.15, -0.1) is 0 Å². The standard InChI is InChI=1S/C47H29N3O/c1-2-9-30(10-3-1)31-17-22-35(23-18-31)45-48-46(36-24-19-33(20-25-36)39-15-8-12-32-11-4-5-13-38(32)39)50-47(49-45)37-26-21-34-27-28-43-44(41(34)29-37)40-14-6-7-16-42(40)51-43/h1-29H/i4D,5D,8D,11D,12D,13D,15D. The summed E-state index contributed by atoms with van der Waals surface area (Å²) >= 11 is 0. The first kappa shape index (κ1) is 22.7. The van der Waals surface area contributed by atoms with Gasteiger partial charge in [0.05, 0.1) is 9.60 Å². The second-order valence-electron chi connectivity index (χ2n) is 12.3. The maximum atomic E-state index is 8.82. The van der Waals surface area contributed by atoms with E-state index in [1.54, 1.807) is 24.3 Å². The Labute approximate surface area is 304 Å². The molecule has 0 atom stereocenters. The first-order valence-corrected chi connectivity index (χ1v) is 16.5. The molecular weight excluding hydrogens is 623 g/mol. The second-order valence-corrected chi connectivity index (χ2v) is 12.3. The Kier molecular flexibility index (Phi) is 5.29. The summed E-state index contributed by atoms with van der Waals surface area (Å²) in [6.45, 7) is 0. The minimum absolute atomic E-state index is 0.0317. The molecular formula is C47H29N3O. The van der Waals surface area contributed by atoms with Crippen LogP contribution in [0.2, 0.25) is 0 Å². The molecule has 2 aromatic heterocycles. The van der Waals surface area contributed by atoms with E-state index in [1.807, 2.05) is 78.9 Å². The van der Waals surface area contributed by atoms with Gasteiger partial charge < -0.3 is 4.42 Å². The van der Waals surface area contributed by atoms with Crippen LogP contribution in [-0.2, 0) is 0 Å². The molecule has 8 aromatic carbocycles. The van der Waals surface area contributed by atoms with E-state index in [0.717, 1.165) is 55.0 Å². The fourth-order valence-corrected chi connectivity index (χ4v) is 6.70.